The van der Waals surface area contributed by atoms with Crippen LogP contribution in [0.25, 0.3) is 10.9 Å². The summed E-state index contributed by atoms with van der Waals surface area (Å²) in [6, 6.07) is 12.2. The Morgan fingerprint density at radius 3 is 2.41 bits per heavy atom. The van der Waals surface area contributed by atoms with Crippen LogP contribution in [0.15, 0.2) is 47.3 Å². The van der Waals surface area contributed by atoms with Crippen molar-refractivity contribution in [1.82, 2.24) is 14.5 Å². The summed E-state index contributed by atoms with van der Waals surface area (Å²) >= 11 is 6.10. The summed E-state index contributed by atoms with van der Waals surface area (Å²) in [5.74, 6) is 0.719. The third-order valence-corrected chi connectivity index (χ3v) is 5.27. The molecule has 0 saturated heterocycles. The number of nitrogens with zero attached hydrogens (tertiary/aromatic N) is 3. The third kappa shape index (κ3) is 4.35. The van der Waals surface area contributed by atoms with Crippen LogP contribution in [-0.2, 0) is 7.05 Å². The highest BCUT2D eigenvalue weighted by Crippen LogP contribution is 2.24. The lowest BCUT2D eigenvalue weighted by Gasteiger charge is -2.31. The molecule has 0 bridgehead atoms. The largest absolute Gasteiger partial charge is 0.328 e. The number of rotatable bonds is 5. The van der Waals surface area contributed by atoms with E-state index in [-0.39, 0.29) is 23.4 Å². The summed E-state index contributed by atoms with van der Waals surface area (Å²) in [7, 11) is 1.69. The molecule has 0 saturated carbocycles. The van der Waals surface area contributed by atoms with Crippen LogP contribution in [0.5, 0.6) is 0 Å². The van der Waals surface area contributed by atoms with E-state index in [4.69, 9.17) is 16.6 Å². The molecular formula is C23H26ClN3O2. The summed E-state index contributed by atoms with van der Waals surface area (Å²) in [6.07, 6.45) is 0. The van der Waals surface area contributed by atoms with Gasteiger partial charge in [0.1, 0.15) is 5.82 Å². The Kier molecular flexibility index (Phi) is 6.08. The van der Waals surface area contributed by atoms with Gasteiger partial charge in [0.05, 0.1) is 16.9 Å². The zero-order valence-electron chi connectivity index (χ0n) is 17.4. The maximum absolute atomic E-state index is 13.3. The fourth-order valence-electron chi connectivity index (χ4n) is 3.45. The first kappa shape index (κ1) is 21.1. The van der Waals surface area contributed by atoms with Gasteiger partial charge in [0.15, 0.2) is 0 Å². The summed E-state index contributed by atoms with van der Waals surface area (Å²) in [5, 5.41) is 1.03. The van der Waals surface area contributed by atoms with Gasteiger partial charge in [0.25, 0.3) is 11.5 Å². The number of amides is 1. The molecule has 1 unspecified atom stereocenters. The number of aryl methyl sites for hydroxylation is 1. The number of fused-ring (bicyclic) bond motifs is 1. The molecule has 0 radical (unpaired) electrons. The van der Waals surface area contributed by atoms with Crippen molar-refractivity contribution in [1.29, 1.82) is 0 Å². The SMILES string of the molecule is Cc1ccc(C(=O)N(CC(C)C)C(C)c2nc3cc(Cl)ccc3c(=O)n2C)cc1. The molecule has 29 heavy (non-hydrogen) atoms. The molecule has 152 valence electrons. The minimum Gasteiger partial charge on any atom is -0.328 e. The van der Waals surface area contributed by atoms with E-state index in [1.165, 1.54) is 4.57 Å². The Balaban J connectivity index is 2.09. The first-order valence-corrected chi connectivity index (χ1v) is 10.1. The highest BCUT2D eigenvalue weighted by Gasteiger charge is 2.27. The van der Waals surface area contributed by atoms with E-state index >= 15 is 0 Å². The monoisotopic (exact) mass is 411 g/mol. The molecule has 0 N–H and O–H groups in total. The van der Waals surface area contributed by atoms with Crippen molar-refractivity contribution in [3.8, 4) is 0 Å². The van der Waals surface area contributed by atoms with Crippen LogP contribution in [0, 0.1) is 12.8 Å². The number of hydrogen-bond acceptors (Lipinski definition) is 3. The van der Waals surface area contributed by atoms with Gasteiger partial charge in [0, 0.05) is 24.2 Å². The second kappa shape index (κ2) is 8.37. The average Bonchev–Trinajstić information content (AvgIpc) is 2.68. The second-order valence-corrected chi connectivity index (χ2v) is 8.33. The first-order valence-electron chi connectivity index (χ1n) is 9.73. The summed E-state index contributed by atoms with van der Waals surface area (Å²) in [4.78, 5) is 32.7. The van der Waals surface area contributed by atoms with Crippen LogP contribution in [0.1, 0.15) is 48.6 Å². The lowest BCUT2D eigenvalue weighted by Crippen LogP contribution is -2.39. The predicted octanol–water partition coefficient (Wildman–Crippen LogP) is 4.75. The second-order valence-electron chi connectivity index (χ2n) is 7.89. The fraction of sp³-hybridized carbons (Fsp3) is 0.348. The van der Waals surface area contributed by atoms with Crippen LogP contribution >= 0.6 is 11.6 Å². The molecule has 3 rings (SSSR count). The van der Waals surface area contributed by atoms with Crippen molar-refractivity contribution in [2.75, 3.05) is 6.54 Å². The van der Waals surface area contributed by atoms with E-state index < -0.39 is 0 Å². The van der Waals surface area contributed by atoms with Crippen molar-refractivity contribution in [3.05, 3.63) is 74.8 Å². The Morgan fingerprint density at radius 2 is 1.79 bits per heavy atom. The lowest BCUT2D eigenvalue weighted by molar-refractivity contribution is 0.0654. The molecule has 1 atom stereocenters. The standard InChI is InChI=1S/C23H26ClN3O2/c1-14(2)13-27(22(28)17-8-6-15(3)7-9-17)16(4)21-25-20-12-18(24)10-11-19(20)23(29)26(21)5/h6-12,14,16H,13H2,1-5H3. The Bertz CT molecular complexity index is 1100. The number of aromatic nitrogens is 2. The predicted molar refractivity (Wildman–Crippen MR) is 117 cm³/mol. The molecule has 5 nitrogen and oxygen atoms in total. The quantitative estimate of drug-likeness (QED) is 0.608. The van der Waals surface area contributed by atoms with Crippen molar-refractivity contribution in [2.24, 2.45) is 13.0 Å². The zero-order chi connectivity index (χ0) is 21.3. The highest BCUT2D eigenvalue weighted by molar-refractivity contribution is 6.31. The third-order valence-electron chi connectivity index (χ3n) is 5.04. The maximum atomic E-state index is 13.3. The molecule has 2 aromatic carbocycles. The molecule has 1 heterocycles. The number of carbonyl (C=O) groups is 1. The minimum absolute atomic E-state index is 0.0772. The molecular weight excluding hydrogens is 386 g/mol. The number of halogens is 1. The topological polar surface area (TPSA) is 55.2 Å². The van der Waals surface area contributed by atoms with Gasteiger partial charge in [0.2, 0.25) is 0 Å². The van der Waals surface area contributed by atoms with Gasteiger partial charge in [-0.05, 0) is 50.1 Å². The molecule has 0 fully saturated rings. The molecule has 0 spiro atoms. The van der Waals surface area contributed by atoms with Crippen LogP contribution in [0.4, 0.5) is 0 Å². The van der Waals surface area contributed by atoms with Crippen molar-refractivity contribution < 1.29 is 4.79 Å². The first-order chi connectivity index (χ1) is 13.7. The smallest absolute Gasteiger partial charge is 0.261 e. The maximum Gasteiger partial charge on any atom is 0.261 e. The molecule has 3 aromatic rings. The number of hydrogen-bond donors (Lipinski definition) is 0. The van der Waals surface area contributed by atoms with E-state index in [1.807, 2.05) is 38.1 Å². The number of benzene rings is 2. The van der Waals surface area contributed by atoms with Crippen molar-refractivity contribution in [3.63, 3.8) is 0 Å². The van der Waals surface area contributed by atoms with E-state index in [0.717, 1.165) is 5.56 Å². The van der Waals surface area contributed by atoms with Crippen molar-refractivity contribution in [2.45, 2.75) is 33.7 Å². The fourth-order valence-corrected chi connectivity index (χ4v) is 3.61. The van der Waals surface area contributed by atoms with E-state index in [2.05, 4.69) is 13.8 Å². The normalized spacial score (nSPS) is 12.4. The summed E-state index contributed by atoms with van der Waals surface area (Å²) in [6.45, 7) is 8.58. The molecule has 1 amide bonds. The van der Waals surface area contributed by atoms with Gasteiger partial charge in [-0.15, -0.1) is 0 Å². The average molecular weight is 412 g/mol. The van der Waals surface area contributed by atoms with Crippen LogP contribution in [0.3, 0.4) is 0 Å². The van der Waals surface area contributed by atoms with E-state index in [9.17, 15) is 9.59 Å². The Labute approximate surface area is 175 Å². The Morgan fingerprint density at radius 1 is 1.14 bits per heavy atom. The van der Waals surface area contributed by atoms with Crippen molar-refractivity contribution >= 4 is 28.4 Å². The lowest BCUT2D eigenvalue weighted by atomic mass is 10.1. The van der Waals surface area contributed by atoms with E-state index in [1.54, 1.807) is 30.1 Å². The molecule has 0 aliphatic rings. The van der Waals surface area contributed by atoms with Gasteiger partial charge in [-0.25, -0.2) is 4.98 Å². The van der Waals surface area contributed by atoms with Gasteiger partial charge in [-0.2, -0.15) is 0 Å². The molecule has 6 heteroatoms. The number of carbonyl (C=O) groups excluding carboxylic acids is 1. The van der Waals surface area contributed by atoms with Crippen LogP contribution in [-0.4, -0.2) is 26.9 Å². The molecule has 0 aliphatic carbocycles. The van der Waals surface area contributed by atoms with E-state index in [0.29, 0.717) is 33.9 Å². The Hall–Kier alpha value is -2.66. The zero-order valence-corrected chi connectivity index (χ0v) is 18.2. The molecule has 1 aromatic heterocycles. The summed E-state index contributed by atoms with van der Waals surface area (Å²) in [5.41, 5.74) is 2.10. The van der Waals surface area contributed by atoms with Gasteiger partial charge < -0.3 is 4.90 Å². The minimum atomic E-state index is -0.382. The van der Waals surface area contributed by atoms with Gasteiger partial charge >= 0.3 is 0 Å². The highest BCUT2D eigenvalue weighted by atomic mass is 35.5. The van der Waals surface area contributed by atoms with Gasteiger partial charge in [-0.1, -0.05) is 43.1 Å². The summed E-state index contributed by atoms with van der Waals surface area (Å²) < 4.78 is 1.52. The van der Waals surface area contributed by atoms with Crippen LogP contribution < -0.4 is 5.56 Å². The van der Waals surface area contributed by atoms with Crippen LogP contribution in [0.2, 0.25) is 5.02 Å². The molecule has 0 aliphatic heterocycles. The van der Waals surface area contributed by atoms with Gasteiger partial charge in [-0.3, -0.25) is 14.2 Å².